The van der Waals surface area contributed by atoms with Gasteiger partial charge in [-0.15, -0.1) is 0 Å². The average Bonchev–Trinajstić information content (AvgIpc) is 3.22. The molecule has 160 valence electrons. The van der Waals surface area contributed by atoms with Crippen molar-refractivity contribution in [3.05, 3.63) is 54.1 Å². The third-order valence-corrected chi connectivity index (χ3v) is 7.58. The molecular weight excluding hydrogens is 410 g/mol. The molecule has 1 heterocycles. The number of hydrogen-bond donors (Lipinski definition) is 2. The zero-order chi connectivity index (χ0) is 21.5. The van der Waals surface area contributed by atoms with E-state index < -0.39 is 28.7 Å². The third kappa shape index (κ3) is 3.64. The van der Waals surface area contributed by atoms with Gasteiger partial charge in [-0.25, -0.2) is 17.5 Å². The number of carboxylic acid groups (broad SMARTS) is 1. The van der Waals surface area contributed by atoms with Crippen molar-refractivity contribution in [3.8, 4) is 11.5 Å². The Bertz CT molecular complexity index is 1040. The summed E-state index contributed by atoms with van der Waals surface area (Å²) in [7, 11) is -2.19. The molecule has 30 heavy (non-hydrogen) atoms. The second kappa shape index (κ2) is 7.90. The van der Waals surface area contributed by atoms with Gasteiger partial charge in [-0.1, -0.05) is 30.3 Å². The number of rotatable bonds is 7. The molecule has 0 aromatic heterocycles. The second-order valence-electron chi connectivity index (χ2n) is 7.60. The van der Waals surface area contributed by atoms with Crippen molar-refractivity contribution >= 4 is 16.0 Å². The summed E-state index contributed by atoms with van der Waals surface area (Å²) in [5, 5.41) is 19.5. The highest BCUT2D eigenvalue weighted by atomic mass is 32.2. The van der Waals surface area contributed by atoms with Gasteiger partial charge in [-0.2, -0.15) is 0 Å². The summed E-state index contributed by atoms with van der Waals surface area (Å²) < 4.78 is 38.4. The summed E-state index contributed by atoms with van der Waals surface area (Å²) in [6, 6.07) is 13.4. The Morgan fingerprint density at radius 2 is 1.93 bits per heavy atom. The molecule has 4 unspecified atom stereocenters. The molecular formula is C21H23NO7S. The van der Waals surface area contributed by atoms with Crippen molar-refractivity contribution in [2.24, 2.45) is 5.92 Å². The van der Waals surface area contributed by atoms with Crippen LogP contribution >= 0.6 is 0 Å². The highest BCUT2D eigenvalue weighted by Crippen LogP contribution is 2.53. The Morgan fingerprint density at radius 1 is 1.20 bits per heavy atom. The molecule has 4 rings (SSSR count). The van der Waals surface area contributed by atoms with E-state index in [-0.39, 0.29) is 29.4 Å². The molecule has 1 aliphatic heterocycles. The van der Waals surface area contributed by atoms with Crippen LogP contribution in [0.1, 0.15) is 17.9 Å². The van der Waals surface area contributed by atoms with Gasteiger partial charge in [0.05, 0.1) is 11.0 Å². The van der Waals surface area contributed by atoms with Crippen LogP contribution in [-0.4, -0.2) is 61.3 Å². The normalized spacial score (nSPS) is 24.9. The summed E-state index contributed by atoms with van der Waals surface area (Å²) in [4.78, 5) is 11.0. The van der Waals surface area contributed by atoms with Gasteiger partial charge in [-0.05, 0) is 18.2 Å². The van der Waals surface area contributed by atoms with Crippen LogP contribution in [0.4, 0.5) is 0 Å². The van der Waals surface area contributed by atoms with Crippen LogP contribution in [0.3, 0.4) is 0 Å². The van der Waals surface area contributed by atoms with Crippen LogP contribution in [-0.2, 0) is 14.8 Å². The second-order valence-corrected chi connectivity index (χ2v) is 9.65. The molecule has 8 nitrogen and oxygen atoms in total. The van der Waals surface area contributed by atoms with Gasteiger partial charge in [0.2, 0.25) is 10.0 Å². The number of aliphatic hydroxyl groups excluding tert-OH is 1. The molecule has 0 saturated heterocycles. The minimum absolute atomic E-state index is 0.128. The Morgan fingerprint density at radius 3 is 2.63 bits per heavy atom. The van der Waals surface area contributed by atoms with Gasteiger partial charge < -0.3 is 19.7 Å². The first-order chi connectivity index (χ1) is 14.3. The summed E-state index contributed by atoms with van der Waals surface area (Å²) in [6.45, 7) is -0.359. The number of aliphatic carboxylic acids is 1. The number of ether oxygens (including phenoxy) is 2. The zero-order valence-corrected chi connectivity index (χ0v) is 17.2. The minimum Gasteiger partial charge on any atom is -0.485 e. The molecule has 9 heteroatoms. The van der Waals surface area contributed by atoms with Crippen LogP contribution in [0.15, 0.2) is 53.4 Å². The molecule has 0 spiro atoms. The maximum atomic E-state index is 12.9. The number of nitrogens with zero attached hydrogens (tertiary/aromatic N) is 1. The summed E-state index contributed by atoms with van der Waals surface area (Å²) in [6.07, 6.45) is -0.672. The first-order valence-electron chi connectivity index (χ1n) is 9.62. The Hall–Kier alpha value is -2.62. The van der Waals surface area contributed by atoms with E-state index in [1.807, 2.05) is 6.07 Å². The molecule has 4 atom stereocenters. The topological polar surface area (TPSA) is 113 Å². The molecule has 2 aromatic rings. The van der Waals surface area contributed by atoms with Crippen molar-refractivity contribution in [1.82, 2.24) is 4.31 Å². The minimum atomic E-state index is -3.69. The van der Waals surface area contributed by atoms with Gasteiger partial charge in [0.1, 0.15) is 6.10 Å². The number of benzene rings is 2. The number of para-hydroxylation sites is 1. The first-order valence-corrected chi connectivity index (χ1v) is 11.1. The lowest BCUT2D eigenvalue weighted by molar-refractivity contribution is -0.139. The van der Waals surface area contributed by atoms with E-state index in [0.29, 0.717) is 17.9 Å². The Balaban J connectivity index is 1.58. The van der Waals surface area contributed by atoms with Crippen LogP contribution in [0.2, 0.25) is 0 Å². The van der Waals surface area contributed by atoms with Gasteiger partial charge in [-0.3, -0.25) is 0 Å². The number of fused-ring (bicyclic) bond motifs is 3. The fraction of sp³-hybridized carbons (Fsp3) is 0.381. The zero-order valence-electron chi connectivity index (χ0n) is 16.3. The van der Waals surface area contributed by atoms with E-state index in [9.17, 15) is 18.3 Å². The summed E-state index contributed by atoms with van der Waals surface area (Å²) >= 11 is 0. The van der Waals surface area contributed by atoms with Crippen molar-refractivity contribution in [2.45, 2.75) is 29.4 Å². The summed E-state index contributed by atoms with van der Waals surface area (Å²) in [5.74, 6) is -0.861. The number of carbonyl (C=O) groups is 1. The standard InChI is InChI=1S/C21H23NO7S/c1-22(30(26,27)13-6-3-2-4-7-13)11-15-16(23)10-18-20(15)14-8-5-9-17(21(14)29-18)28-12-19(24)25/h2-9,15-16,18,20,23H,10-12H2,1H3,(H,24,25). The van der Waals surface area contributed by atoms with Gasteiger partial charge in [0.25, 0.3) is 0 Å². The number of aliphatic hydroxyl groups is 1. The number of sulfonamides is 1. The molecule has 0 radical (unpaired) electrons. The van der Waals surface area contributed by atoms with Gasteiger partial charge in [0, 0.05) is 37.4 Å². The highest BCUT2D eigenvalue weighted by Gasteiger charge is 2.51. The van der Waals surface area contributed by atoms with E-state index in [1.54, 1.807) is 42.5 Å². The van der Waals surface area contributed by atoms with E-state index >= 15 is 0 Å². The fourth-order valence-electron chi connectivity index (χ4n) is 4.36. The van der Waals surface area contributed by atoms with Crippen LogP contribution in [0.25, 0.3) is 0 Å². The Kier molecular flexibility index (Phi) is 5.44. The molecule has 2 aliphatic rings. The molecule has 1 aliphatic carbocycles. The van der Waals surface area contributed by atoms with Crippen LogP contribution in [0.5, 0.6) is 11.5 Å². The number of hydrogen-bond acceptors (Lipinski definition) is 6. The van der Waals surface area contributed by atoms with Gasteiger partial charge in [0.15, 0.2) is 18.1 Å². The molecule has 0 amide bonds. The van der Waals surface area contributed by atoms with Crippen molar-refractivity contribution in [3.63, 3.8) is 0 Å². The van der Waals surface area contributed by atoms with Crippen LogP contribution < -0.4 is 9.47 Å². The monoisotopic (exact) mass is 433 g/mol. The summed E-state index contributed by atoms with van der Waals surface area (Å²) in [5.41, 5.74) is 0.801. The molecule has 0 bridgehead atoms. The smallest absolute Gasteiger partial charge is 0.341 e. The highest BCUT2D eigenvalue weighted by molar-refractivity contribution is 7.89. The lowest BCUT2D eigenvalue weighted by Crippen LogP contribution is -2.36. The van der Waals surface area contributed by atoms with Crippen molar-refractivity contribution < 1.29 is 32.9 Å². The first kappa shape index (κ1) is 20.6. The molecule has 1 fully saturated rings. The largest absolute Gasteiger partial charge is 0.485 e. The SMILES string of the molecule is CN(CC1C(O)CC2Oc3c(OCC(=O)O)cccc3C21)S(=O)(=O)c1ccccc1. The lowest BCUT2D eigenvalue weighted by atomic mass is 9.88. The van der Waals surface area contributed by atoms with E-state index in [4.69, 9.17) is 14.6 Å². The van der Waals surface area contributed by atoms with Crippen LogP contribution in [0, 0.1) is 5.92 Å². The predicted molar refractivity (Wildman–Crippen MR) is 107 cm³/mol. The number of carboxylic acids is 1. The van der Waals surface area contributed by atoms with Crippen molar-refractivity contribution in [1.29, 1.82) is 0 Å². The van der Waals surface area contributed by atoms with Gasteiger partial charge >= 0.3 is 5.97 Å². The van der Waals surface area contributed by atoms with E-state index in [0.717, 1.165) is 5.56 Å². The quantitative estimate of drug-likeness (QED) is 0.683. The maximum absolute atomic E-state index is 12.9. The Labute approximate surface area is 174 Å². The predicted octanol–water partition coefficient (Wildman–Crippen LogP) is 1.70. The fourth-order valence-corrected chi connectivity index (χ4v) is 5.58. The lowest BCUT2D eigenvalue weighted by Gasteiger charge is -2.26. The third-order valence-electron chi connectivity index (χ3n) is 5.74. The maximum Gasteiger partial charge on any atom is 0.341 e. The van der Waals surface area contributed by atoms with Crippen molar-refractivity contribution in [2.75, 3.05) is 20.2 Å². The van der Waals surface area contributed by atoms with E-state index in [2.05, 4.69) is 0 Å². The van der Waals surface area contributed by atoms with E-state index in [1.165, 1.54) is 11.4 Å². The average molecular weight is 433 g/mol. The molecule has 1 saturated carbocycles. The molecule has 2 aromatic carbocycles. The molecule has 2 N–H and O–H groups in total.